The van der Waals surface area contributed by atoms with Crippen molar-refractivity contribution < 1.29 is 0 Å². The van der Waals surface area contributed by atoms with Crippen LogP contribution in [0.2, 0.25) is 0 Å². The van der Waals surface area contributed by atoms with Crippen LogP contribution in [0.15, 0.2) is 24.3 Å². The fourth-order valence-corrected chi connectivity index (χ4v) is 4.58. The highest BCUT2D eigenvalue weighted by Gasteiger charge is 2.39. The van der Waals surface area contributed by atoms with Crippen LogP contribution in [0, 0.1) is 17.8 Å². The molecule has 2 fully saturated rings. The summed E-state index contributed by atoms with van der Waals surface area (Å²) in [5.74, 6) is 3.75. The van der Waals surface area contributed by atoms with Gasteiger partial charge in [0.15, 0.2) is 0 Å². The van der Waals surface area contributed by atoms with Gasteiger partial charge in [-0.25, -0.2) is 4.98 Å². The predicted molar refractivity (Wildman–Crippen MR) is 89.2 cm³/mol. The first-order chi connectivity index (χ1) is 10.2. The first-order valence-corrected chi connectivity index (χ1v) is 8.34. The molecule has 0 amide bonds. The number of hydrogen-bond donors (Lipinski definition) is 1. The van der Waals surface area contributed by atoms with E-state index < -0.39 is 0 Å². The number of para-hydroxylation sites is 2. The Kier molecular flexibility index (Phi) is 3.21. The van der Waals surface area contributed by atoms with Crippen molar-refractivity contribution >= 4 is 28.2 Å². The van der Waals surface area contributed by atoms with Crippen LogP contribution in [0.5, 0.6) is 0 Å². The zero-order valence-corrected chi connectivity index (χ0v) is 13.0. The van der Waals surface area contributed by atoms with E-state index in [9.17, 15) is 0 Å². The van der Waals surface area contributed by atoms with Gasteiger partial charge < -0.3 is 10.3 Å². The lowest BCUT2D eigenvalue weighted by Gasteiger charge is -2.23. The summed E-state index contributed by atoms with van der Waals surface area (Å²) in [6.45, 7) is 1.08. The Morgan fingerprint density at radius 3 is 2.86 bits per heavy atom. The number of benzene rings is 1. The molecule has 21 heavy (non-hydrogen) atoms. The number of fused-ring (bicyclic) bond motifs is 3. The maximum absolute atomic E-state index is 5.76. The first-order valence-electron chi connectivity index (χ1n) is 7.93. The molecular weight excluding hydrogens is 278 g/mol. The van der Waals surface area contributed by atoms with E-state index in [2.05, 4.69) is 22.8 Å². The molecule has 3 nitrogen and oxygen atoms in total. The molecule has 0 aliphatic heterocycles. The lowest BCUT2D eigenvalue weighted by molar-refractivity contribution is 0.296. The number of aromatic nitrogens is 2. The Hall–Kier alpha value is -1.42. The Morgan fingerprint density at radius 2 is 2.14 bits per heavy atom. The summed E-state index contributed by atoms with van der Waals surface area (Å²) in [5.41, 5.74) is 8.05. The van der Waals surface area contributed by atoms with Crippen LogP contribution in [0.1, 0.15) is 31.5 Å². The third kappa shape index (κ3) is 2.35. The van der Waals surface area contributed by atoms with Gasteiger partial charge in [-0.15, -0.1) is 0 Å². The van der Waals surface area contributed by atoms with E-state index in [1.165, 1.54) is 31.2 Å². The van der Waals surface area contributed by atoms with Gasteiger partial charge in [-0.3, -0.25) is 0 Å². The topological polar surface area (TPSA) is 43.8 Å². The van der Waals surface area contributed by atoms with Gasteiger partial charge in [0.1, 0.15) is 5.82 Å². The monoisotopic (exact) mass is 299 g/mol. The van der Waals surface area contributed by atoms with E-state index in [0.29, 0.717) is 11.4 Å². The lowest BCUT2D eigenvalue weighted by atomic mass is 9.88. The number of nitrogens with zero attached hydrogens (tertiary/aromatic N) is 2. The minimum Gasteiger partial charge on any atom is -0.393 e. The molecule has 1 aromatic heterocycles. The van der Waals surface area contributed by atoms with E-state index in [0.717, 1.165) is 35.6 Å². The molecule has 2 bridgehead atoms. The molecule has 0 saturated heterocycles. The zero-order chi connectivity index (χ0) is 14.4. The average molecular weight is 299 g/mol. The van der Waals surface area contributed by atoms with Crippen molar-refractivity contribution in [2.24, 2.45) is 23.5 Å². The summed E-state index contributed by atoms with van der Waals surface area (Å²) in [4.78, 5) is 5.28. The first kappa shape index (κ1) is 13.3. The second-order valence-electron chi connectivity index (χ2n) is 6.71. The van der Waals surface area contributed by atoms with Crippen LogP contribution in [0.4, 0.5) is 0 Å². The quantitative estimate of drug-likeness (QED) is 0.881. The SMILES string of the molecule is NC(=S)Cc1nc2ccccc2n1CC1CC2CCC1C2. The predicted octanol–water partition coefficient (Wildman–Crippen LogP) is 3.30. The number of nitrogens with two attached hydrogens (primary N) is 1. The second-order valence-corrected chi connectivity index (χ2v) is 7.23. The van der Waals surface area contributed by atoms with E-state index >= 15 is 0 Å². The highest BCUT2D eigenvalue weighted by Crippen LogP contribution is 2.49. The summed E-state index contributed by atoms with van der Waals surface area (Å²) in [7, 11) is 0. The Balaban J connectivity index is 1.70. The van der Waals surface area contributed by atoms with Crippen molar-refractivity contribution in [3.05, 3.63) is 30.1 Å². The largest absolute Gasteiger partial charge is 0.393 e. The molecule has 2 aromatic rings. The molecule has 3 atom stereocenters. The molecule has 0 radical (unpaired) electrons. The Bertz CT molecular complexity index is 690. The highest BCUT2D eigenvalue weighted by atomic mass is 32.1. The summed E-state index contributed by atoms with van der Waals surface area (Å²) in [5, 5.41) is 0. The molecule has 2 N–H and O–H groups in total. The third-order valence-corrected chi connectivity index (χ3v) is 5.51. The van der Waals surface area contributed by atoms with Gasteiger partial charge in [-0.1, -0.05) is 30.8 Å². The van der Waals surface area contributed by atoms with Crippen LogP contribution in [0.3, 0.4) is 0 Å². The van der Waals surface area contributed by atoms with Crippen LogP contribution in [0.25, 0.3) is 11.0 Å². The van der Waals surface area contributed by atoms with E-state index in [-0.39, 0.29) is 0 Å². The highest BCUT2D eigenvalue weighted by molar-refractivity contribution is 7.80. The molecular formula is C17H21N3S. The average Bonchev–Trinajstić information content (AvgIpc) is 3.14. The van der Waals surface area contributed by atoms with Crippen molar-refractivity contribution in [2.45, 2.75) is 38.6 Å². The van der Waals surface area contributed by atoms with Gasteiger partial charge in [0, 0.05) is 6.54 Å². The zero-order valence-electron chi connectivity index (χ0n) is 12.2. The minimum atomic E-state index is 0.527. The molecule has 4 heteroatoms. The van der Waals surface area contributed by atoms with Crippen LogP contribution < -0.4 is 5.73 Å². The molecule has 4 rings (SSSR count). The number of hydrogen-bond acceptors (Lipinski definition) is 2. The van der Waals surface area contributed by atoms with Crippen molar-refractivity contribution in [3.63, 3.8) is 0 Å². The van der Waals surface area contributed by atoms with Crippen LogP contribution in [-0.2, 0) is 13.0 Å². The third-order valence-electron chi connectivity index (χ3n) is 5.37. The maximum Gasteiger partial charge on any atom is 0.116 e. The van der Waals surface area contributed by atoms with E-state index in [1.54, 1.807) is 0 Å². The van der Waals surface area contributed by atoms with Crippen LogP contribution in [-0.4, -0.2) is 14.5 Å². The standard InChI is InChI=1S/C17H21N3S/c18-16(21)9-17-19-14-3-1-2-4-15(14)20(17)10-13-8-11-5-6-12(13)7-11/h1-4,11-13H,5-10H2,(H2,18,21). The molecule has 0 spiro atoms. The molecule has 1 aromatic carbocycles. The fraction of sp³-hybridized carbons (Fsp3) is 0.529. The number of rotatable bonds is 4. The van der Waals surface area contributed by atoms with Crippen molar-refractivity contribution in [1.29, 1.82) is 0 Å². The normalized spacial score (nSPS) is 27.5. The van der Waals surface area contributed by atoms with Gasteiger partial charge in [0.2, 0.25) is 0 Å². The summed E-state index contributed by atoms with van der Waals surface area (Å²) in [6.07, 6.45) is 6.31. The Labute approximate surface area is 130 Å². The van der Waals surface area contributed by atoms with Crippen molar-refractivity contribution in [2.75, 3.05) is 0 Å². The van der Waals surface area contributed by atoms with Crippen molar-refractivity contribution in [3.8, 4) is 0 Å². The van der Waals surface area contributed by atoms with Gasteiger partial charge in [-0.2, -0.15) is 0 Å². The van der Waals surface area contributed by atoms with Gasteiger partial charge in [0.25, 0.3) is 0 Å². The molecule has 110 valence electrons. The number of thiocarbonyl (C=S) groups is 1. The van der Waals surface area contributed by atoms with Crippen molar-refractivity contribution in [1.82, 2.24) is 9.55 Å². The molecule has 2 aliphatic rings. The van der Waals surface area contributed by atoms with Crippen LogP contribution >= 0.6 is 12.2 Å². The van der Waals surface area contributed by atoms with Gasteiger partial charge in [0.05, 0.1) is 22.4 Å². The second kappa shape index (κ2) is 5.09. The van der Waals surface area contributed by atoms with Gasteiger partial charge >= 0.3 is 0 Å². The van der Waals surface area contributed by atoms with Gasteiger partial charge in [-0.05, 0) is 49.1 Å². The maximum atomic E-state index is 5.76. The molecule has 3 unspecified atom stereocenters. The smallest absolute Gasteiger partial charge is 0.116 e. The Morgan fingerprint density at radius 1 is 1.29 bits per heavy atom. The fourth-order valence-electron chi connectivity index (χ4n) is 4.45. The molecule has 2 aliphatic carbocycles. The summed E-state index contributed by atoms with van der Waals surface area (Å²) in [6, 6.07) is 8.38. The lowest BCUT2D eigenvalue weighted by Crippen LogP contribution is -2.21. The molecule has 1 heterocycles. The van der Waals surface area contributed by atoms with E-state index in [4.69, 9.17) is 22.9 Å². The summed E-state index contributed by atoms with van der Waals surface area (Å²) < 4.78 is 2.37. The minimum absolute atomic E-state index is 0.527. The van der Waals surface area contributed by atoms with E-state index in [1.807, 2.05) is 6.07 Å². The number of imidazole rings is 1. The molecule has 2 saturated carbocycles. The summed E-state index contributed by atoms with van der Waals surface area (Å²) >= 11 is 5.10.